The van der Waals surface area contributed by atoms with Crippen molar-refractivity contribution in [1.82, 2.24) is 4.90 Å². The summed E-state index contributed by atoms with van der Waals surface area (Å²) in [5.41, 5.74) is 7.18. The minimum absolute atomic E-state index is 0.101. The molecule has 3 N–H and O–H groups in total. The number of anilines is 1. The van der Waals surface area contributed by atoms with Crippen LogP contribution in [0.25, 0.3) is 0 Å². The summed E-state index contributed by atoms with van der Waals surface area (Å²) in [6, 6.07) is 5.19. The van der Waals surface area contributed by atoms with Crippen molar-refractivity contribution in [3.8, 4) is 0 Å². The molecule has 0 saturated carbocycles. The van der Waals surface area contributed by atoms with E-state index in [4.69, 9.17) is 10.8 Å². The number of benzene rings is 1. The van der Waals surface area contributed by atoms with Gasteiger partial charge in [0.2, 0.25) is 0 Å². The van der Waals surface area contributed by atoms with Crippen LogP contribution in [0.1, 0.15) is 28.9 Å². The van der Waals surface area contributed by atoms with E-state index in [9.17, 15) is 4.79 Å². The second kappa shape index (κ2) is 4.31. The molecule has 1 atom stereocenters. The van der Waals surface area contributed by atoms with Crippen LogP contribution in [0.15, 0.2) is 18.2 Å². The third-order valence-corrected chi connectivity index (χ3v) is 2.59. The molecule has 1 rings (SSSR count). The molecule has 0 amide bonds. The summed E-state index contributed by atoms with van der Waals surface area (Å²) in [6.45, 7) is 1.98. The molecule has 0 spiro atoms. The van der Waals surface area contributed by atoms with Gasteiger partial charge in [-0.15, -0.1) is 0 Å². The smallest absolute Gasteiger partial charge is 0.337 e. The summed E-state index contributed by atoms with van der Waals surface area (Å²) in [5.74, 6) is -0.986. The van der Waals surface area contributed by atoms with E-state index in [1.807, 2.05) is 32.0 Å². The van der Waals surface area contributed by atoms with E-state index in [0.717, 1.165) is 5.56 Å². The van der Waals surface area contributed by atoms with Gasteiger partial charge in [0.1, 0.15) is 0 Å². The van der Waals surface area contributed by atoms with Gasteiger partial charge in [-0.05, 0) is 32.6 Å². The minimum Gasteiger partial charge on any atom is -0.478 e. The van der Waals surface area contributed by atoms with Crippen LogP contribution in [0.5, 0.6) is 0 Å². The first-order valence-corrected chi connectivity index (χ1v) is 4.73. The Bertz CT molecular complexity index is 375. The third kappa shape index (κ3) is 2.27. The molecule has 0 bridgehead atoms. The topological polar surface area (TPSA) is 66.6 Å². The fraction of sp³-hybridized carbons (Fsp3) is 0.364. The van der Waals surface area contributed by atoms with Gasteiger partial charge in [-0.3, -0.25) is 0 Å². The summed E-state index contributed by atoms with van der Waals surface area (Å²) in [5, 5.41) is 8.92. The molecule has 0 fully saturated rings. The molecule has 0 heterocycles. The Hall–Kier alpha value is -1.55. The number of nitrogen functional groups attached to an aromatic ring is 1. The predicted octanol–water partition coefficient (Wildman–Crippen LogP) is 1.59. The first kappa shape index (κ1) is 11.5. The number of carboxylic acids is 1. The molecule has 1 unspecified atom stereocenters. The molecule has 15 heavy (non-hydrogen) atoms. The van der Waals surface area contributed by atoms with E-state index in [0.29, 0.717) is 5.69 Å². The minimum atomic E-state index is -0.986. The molecule has 0 saturated heterocycles. The van der Waals surface area contributed by atoms with E-state index in [1.54, 1.807) is 6.07 Å². The lowest BCUT2D eigenvalue weighted by Gasteiger charge is -2.22. The van der Waals surface area contributed by atoms with Crippen LogP contribution in [0.4, 0.5) is 5.69 Å². The number of nitrogens with two attached hydrogens (primary N) is 1. The number of hydrogen-bond donors (Lipinski definition) is 2. The van der Waals surface area contributed by atoms with E-state index >= 15 is 0 Å². The average molecular weight is 208 g/mol. The highest BCUT2D eigenvalue weighted by Gasteiger charge is 2.16. The van der Waals surface area contributed by atoms with Crippen molar-refractivity contribution >= 4 is 11.7 Å². The molecule has 0 aliphatic carbocycles. The molecule has 0 aromatic heterocycles. The molecule has 1 aromatic carbocycles. The van der Waals surface area contributed by atoms with E-state index in [2.05, 4.69) is 0 Å². The zero-order valence-corrected chi connectivity index (χ0v) is 9.19. The Morgan fingerprint density at radius 2 is 2.07 bits per heavy atom. The first-order valence-electron chi connectivity index (χ1n) is 4.73. The summed E-state index contributed by atoms with van der Waals surface area (Å²) in [4.78, 5) is 12.9. The third-order valence-electron chi connectivity index (χ3n) is 2.59. The lowest BCUT2D eigenvalue weighted by Crippen LogP contribution is -2.19. The SMILES string of the molecule is CC(c1cccc(C(=O)O)c1N)N(C)C. The average Bonchev–Trinajstić information content (AvgIpc) is 2.16. The number of aromatic carboxylic acids is 1. The molecule has 4 heteroatoms. The highest BCUT2D eigenvalue weighted by Crippen LogP contribution is 2.26. The van der Waals surface area contributed by atoms with E-state index in [1.165, 1.54) is 6.07 Å². The van der Waals surface area contributed by atoms with Crippen molar-refractivity contribution in [3.05, 3.63) is 29.3 Å². The molecular weight excluding hydrogens is 192 g/mol. The summed E-state index contributed by atoms with van der Waals surface area (Å²) in [6.07, 6.45) is 0. The zero-order chi connectivity index (χ0) is 11.6. The quantitative estimate of drug-likeness (QED) is 0.740. The van der Waals surface area contributed by atoms with Crippen molar-refractivity contribution in [2.75, 3.05) is 19.8 Å². The second-order valence-electron chi connectivity index (χ2n) is 3.75. The summed E-state index contributed by atoms with van der Waals surface area (Å²) >= 11 is 0. The van der Waals surface area contributed by atoms with Gasteiger partial charge < -0.3 is 15.7 Å². The highest BCUT2D eigenvalue weighted by atomic mass is 16.4. The largest absolute Gasteiger partial charge is 0.478 e. The van der Waals surface area contributed by atoms with Crippen LogP contribution in [-0.2, 0) is 0 Å². The number of carbonyl (C=O) groups is 1. The number of rotatable bonds is 3. The van der Waals surface area contributed by atoms with Crippen molar-refractivity contribution in [2.24, 2.45) is 0 Å². The molecule has 1 aromatic rings. The maximum Gasteiger partial charge on any atom is 0.337 e. The molecule has 4 nitrogen and oxygen atoms in total. The van der Waals surface area contributed by atoms with Crippen molar-refractivity contribution in [2.45, 2.75) is 13.0 Å². The fourth-order valence-corrected chi connectivity index (χ4v) is 1.41. The van der Waals surface area contributed by atoms with Crippen molar-refractivity contribution in [1.29, 1.82) is 0 Å². The van der Waals surface area contributed by atoms with Gasteiger partial charge in [0, 0.05) is 6.04 Å². The van der Waals surface area contributed by atoms with Gasteiger partial charge in [-0.25, -0.2) is 4.79 Å². The maximum atomic E-state index is 10.9. The fourth-order valence-electron chi connectivity index (χ4n) is 1.41. The van der Waals surface area contributed by atoms with Crippen LogP contribution >= 0.6 is 0 Å². The standard InChI is InChI=1S/C11H16N2O2/c1-7(13(2)3)8-5-4-6-9(10(8)12)11(14)15/h4-7H,12H2,1-3H3,(H,14,15). The zero-order valence-electron chi connectivity index (χ0n) is 9.19. The van der Waals surface area contributed by atoms with Crippen LogP contribution in [-0.4, -0.2) is 30.1 Å². The Labute approximate surface area is 89.3 Å². The second-order valence-corrected chi connectivity index (χ2v) is 3.75. The maximum absolute atomic E-state index is 10.9. The Kier molecular flexibility index (Phi) is 3.31. The monoisotopic (exact) mass is 208 g/mol. The number of hydrogen-bond acceptors (Lipinski definition) is 3. The lowest BCUT2D eigenvalue weighted by atomic mass is 10.0. The Morgan fingerprint density at radius 3 is 2.53 bits per heavy atom. The molecule has 0 radical (unpaired) electrons. The van der Waals surface area contributed by atoms with Crippen LogP contribution in [0, 0.1) is 0 Å². The van der Waals surface area contributed by atoms with Crippen molar-refractivity contribution in [3.63, 3.8) is 0 Å². The van der Waals surface area contributed by atoms with Gasteiger partial charge in [-0.1, -0.05) is 12.1 Å². The highest BCUT2D eigenvalue weighted by molar-refractivity contribution is 5.94. The van der Waals surface area contributed by atoms with E-state index < -0.39 is 5.97 Å². The molecule has 0 aliphatic rings. The normalized spacial score (nSPS) is 12.8. The van der Waals surface area contributed by atoms with Crippen LogP contribution < -0.4 is 5.73 Å². The lowest BCUT2D eigenvalue weighted by molar-refractivity contribution is 0.0698. The van der Waals surface area contributed by atoms with Gasteiger partial charge in [0.15, 0.2) is 0 Å². The number of carboxylic acid groups (broad SMARTS) is 1. The van der Waals surface area contributed by atoms with Crippen LogP contribution in [0.2, 0.25) is 0 Å². The van der Waals surface area contributed by atoms with Crippen LogP contribution in [0.3, 0.4) is 0 Å². The summed E-state index contributed by atoms with van der Waals surface area (Å²) < 4.78 is 0. The van der Waals surface area contributed by atoms with Gasteiger partial charge in [0.05, 0.1) is 11.3 Å². The predicted molar refractivity (Wildman–Crippen MR) is 59.9 cm³/mol. The molecule has 82 valence electrons. The summed E-state index contributed by atoms with van der Waals surface area (Å²) in [7, 11) is 3.86. The number of para-hydroxylation sites is 1. The first-order chi connectivity index (χ1) is 6.95. The number of nitrogens with zero attached hydrogens (tertiary/aromatic N) is 1. The molecular formula is C11H16N2O2. The molecule has 0 aliphatic heterocycles. The van der Waals surface area contributed by atoms with Gasteiger partial charge in [0.25, 0.3) is 0 Å². The van der Waals surface area contributed by atoms with Gasteiger partial charge in [-0.2, -0.15) is 0 Å². The Balaban J connectivity index is 3.21. The van der Waals surface area contributed by atoms with E-state index in [-0.39, 0.29) is 11.6 Å². The Morgan fingerprint density at radius 1 is 1.47 bits per heavy atom. The van der Waals surface area contributed by atoms with Crippen molar-refractivity contribution < 1.29 is 9.90 Å². The van der Waals surface area contributed by atoms with Gasteiger partial charge >= 0.3 is 5.97 Å².